The number of likely N-dealkylation sites (tertiary alicyclic amines) is 1. The molecule has 0 amide bonds. The smallest absolute Gasteiger partial charge is 0.0572 e. The zero-order valence-electron chi connectivity index (χ0n) is 28.2. The van der Waals surface area contributed by atoms with Gasteiger partial charge in [0.2, 0.25) is 0 Å². The second-order valence-corrected chi connectivity index (χ2v) is 9.95. The van der Waals surface area contributed by atoms with E-state index >= 15 is 0 Å². The van der Waals surface area contributed by atoms with Gasteiger partial charge in [-0.2, -0.15) is 0 Å². The number of hydrogen-bond donors (Lipinski definition) is 0. The van der Waals surface area contributed by atoms with Crippen LogP contribution in [0.1, 0.15) is 132 Å². The Morgan fingerprint density at radius 2 is 1.21 bits per heavy atom. The molecule has 4 rings (SSSR count). The van der Waals surface area contributed by atoms with Crippen LogP contribution in [0.3, 0.4) is 0 Å². The molecule has 3 heteroatoms. The van der Waals surface area contributed by atoms with Crippen molar-refractivity contribution in [1.29, 1.82) is 0 Å². The van der Waals surface area contributed by atoms with Crippen molar-refractivity contribution in [3.8, 4) is 0 Å². The molecular weight excluding hydrogens is 474 g/mol. The number of benzene rings is 1. The first-order valence-corrected chi connectivity index (χ1v) is 16.4. The lowest BCUT2D eigenvalue weighted by Gasteiger charge is -2.37. The van der Waals surface area contributed by atoms with Gasteiger partial charge < -0.3 is 0 Å². The number of nitrogens with zero attached hydrogens (tertiary/aromatic N) is 3. The van der Waals surface area contributed by atoms with Crippen molar-refractivity contribution >= 4 is 0 Å². The van der Waals surface area contributed by atoms with E-state index in [1.165, 1.54) is 62.9 Å². The zero-order chi connectivity index (χ0) is 30.1. The van der Waals surface area contributed by atoms with Crippen LogP contribution in [-0.2, 0) is 6.54 Å². The Balaban J connectivity index is 0. The molecule has 1 aliphatic heterocycles. The minimum atomic E-state index is 0.426. The van der Waals surface area contributed by atoms with Crippen LogP contribution in [0, 0.1) is 11.8 Å². The summed E-state index contributed by atoms with van der Waals surface area (Å²) in [7, 11) is 2.25. The monoisotopic (exact) mass is 542 g/mol. The molecule has 1 saturated heterocycles. The molecule has 2 heterocycles. The van der Waals surface area contributed by atoms with Crippen molar-refractivity contribution in [2.45, 2.75) is 133 Å². The fourth-order valence-electron chi connectivity index (χ4n) is 4.86. The minimum Gasteiger partial charge on any atom is -0.299 e. The number of pyridine rings is 1. The fraction of sp³-hybridized carbons (Fsp3) is 0.694. The molecule has 2 aromatic rings. The van der Waals surface area contributed by atoms with Crippen LogP contribution in [0.4, 0.5) is 0 Å². The average molecular weight is 542 g/mol. The molecule has 1 aromatic carbocycles. The molecule has 2 fully saturated rings. The standard InChI is InChI=1S/C15H24N2.C13H19N.4C2H6/c1-12-7-9-14(10-8-12)17(3)13(2)15-6-4-5-11-16-15;1-12-7-9-14(10-8-12)11-13-5-3-2-4-6-13;4*1-2/h4-6,11-14H,7-10H2,1-3H3;2-6,12H,7-11H2,1H3;4*1-2H3. The molecule has 1 unspecified atom stereocenters. The number of aromatic nitrogens is 1. The molecule has 3 nitrogen and oxygen atoms in total. The van der Waals surface area contributed by atoms with E-state index in [2.05, 4.69) is 85.1 Å². The Morgan fingerprint density at radius 3 is 1.69 bits per heavy atom. The molecule has 0 N–H and O–H groups in total. The van der Waals surface area contributed by atoms with Gasteiger partial charge in [-0.05, 0) is 95.1 Å². The molecule has 226 valence electrons. The first kappa shape index (κ1) is 39.4. The largest absolute Gasteiger partial charge is 0.299 e. The third kappa shape index (κ3) is 16.9. The van der Waals surface area contributed by atoms with Crippen molar-refractivity contribution in [3.05, 3.63) is 66.0 Å². The third-order valence-electron chi connectivity index (χ3n) is 7.41. The van der Waals surface area contributed by atoms with E-state index in [4.69, 9.17) is 0 Å². The van der Waals surface area contributed by atoms with Crippen molar-refractivity contribution in [3.63, 3.8) is 0 Å². The van der Waals surface area contributed by atoms with E-state index < -0.39 is 0 Å². The maximum atomic E-state index is 4.47. The second-order valence-electron chi connectivity index (χ2n) is 9.95. The quantitative estimate of drug-likeness (QED) is 0.375. The van der Waals surface area contributed by atoms with Gasteiger partial charge in [-0.25, -0.2) is 0 Å². The van der Waals surface area contributed by atoms with E-state index in [9.17, 15) is 0 Å². The Labute approximate surface area is 245 Å². The van der Waals surface area contributed by atoms with E-state index in [-0.39, 0.29) is 0 Å². The molecule has 1 saturated carbocycles. The van der Waals surface area contributed by atoms with Crippen LogP contribution in [0.25, 0.3) is 0 Å². The lowest BCUT2D eigenvalue weighted by atomic mass is 9.86. The summed E-state index contributed by atoms with van der Waals surface area (Å²) >= 11 is 0. The zero-order valence-corrected chi connectivity index (χ0v) is 28.2. The number of piperidine rings is 1. The molecule has 1 aromatic heterocycles. The van der Waals surface area contributed by atoms with Gasteiger partial charge in [0.15, 0.2) is 0 Å². The molecular formula is C36H67N3. The van der Waals surface area contributed by atoms with Crippen molar-refractivity contribution in [1.82, 2.24) is 14.8 Å². The maximum Gasteiger partial charge on any atom is 0.0572 e. The number of hydrogen-bond acceptors (Lipinski definition) is 3. The fourth-order valence-corrected chi connectivity index (χ4v) is 4.86. The topological polar surface area (TPSA) is 19.4 Å². The summed E-state index contributed by atoms with van der Waals surface area (Å²) in [5, 5.41) is 0. The highest BCUT2D eigenvalue weighted by atomic mass is 15.2. The lowest BCUT2D eigenvalue weighted by molar-refractivity contribution is 0.129. The average Bonchev–Trinajstić information content (AvgIpc) is 3.03. The van der Waals surface area contributed by atoms with Gasteiger partial charge in [0, 0.05) is 24.8 Å². The third-order valence-corrected chi connectivity index (χ3v) is 7.41. The van der Waals surface area contributed by atoms with Gasteiger partial charge in [-0.3, -0.25) is 14.8 Å². The van der Waals surface area contributed by atoms with Crippen LogP contribution in [0.5, 0.6) is 0 Å². The first-order valence-electron chi connectivity index (χ1n) is 16.4. The molecule has 0 bridgehead atoms. The van der Waals surface area contributed by atoms with Gasteiger partial charge >= 0.3 is 0 Å². The summed E-state index contributed by atoms with van der Waals surface area (Å²) in [5.74, 6) is 1.85. The molecule has 0 radical (unpaired) electrons. The Kier molecular flexibility index (Phi) is 26.8. The van der Waals surface area contributed by atoms with E-state index in [0.29, 0.717) is 6.04 Å². The Morgan fingerprint density at radius 1 is 0.718 bits per heavy atom. The summed E-state index contributed by atoms with van der Waals surface area (Å²) in [6, 6.07) is 18.1. The molecule has 39 heavy (non-hydrogen) atoms. The van der Waals surface area contributed by atoms with Crippen molar-refractivity contribution < 1.29 is 0 Å². The highest BCUT2D eigenvalue weighted by Gasteiger charge is 2.25. The van der Waals surface area contributed by atoms with Gasteiger partial charge in [0.25, 0.3) is 0 Å². The first-order chi connectivity index (χ1) is 19.0. The van der Waals surface area contributed by atoms with Crippen LogP contribution in [0.15, 0.2) is 54.7 Å². The van der Waals surface area contributed by atoms with Crippen LogP contribution in [0.2, 0.25) is 0 Å². The van der Waals surface area contributed by atoms with Gasteiger partial charge in [-0.1, -0.05) is 106 Å². The summed E-state index contributed by atoms with van der Waals surface area (Å²) < 4.78 is 0. The second kappa shape index (κ2) is 26.5. The summed E-state index contributed by atoms with van der Waals surface area (Å²) in [6.45, 7) is 26.7. The van der Waals surface area contributed by atoms with E-state index in [1.54, 1.807) is 0 Å². The normalized spacial score (nSPS) is 19.5. The van der Waals surface area contributed by atoms with Gasteiger partial charge in [0.1, 0.15) is 0 Å². The highest BCUT2D eigenvalue weighted by molar-refractivity contribution is 5.14. The minimum absolute atomic E-state index is 0.426. The van der Waals surface area contributed by atoms with Crippen molar-refractivity contribution in [2.24, 2.45) is 11.8 Å². The van der Waals surface area contributed by atoms with Crippen LogP contribution >= 0.6 is 0 Å². The lowest BCUT2D eigenvalue weighted by Crippen LogP contribution is -2.36. The van der Waals surface area contributed by atoms with Crippen LogP contribution in [-0.4, -0.2) is 41.0 Å². The van der Waals surface area contributed by atoms with Gasteiger partial charge in [-0.15, -0.1) is 0 Å². The molecule has 2 aliphatic rings. The summed E-state index contributed by atoms with van der Waals surface area (Å²) in [4.78, 5) is 9.54. The van der Waals surface area contributed by atoms with E-state index in [1.807, 2.05) is 67.7 Å². The van der Waals surface area contributed by atoms with E-state index in [0.717, 1.165) is 24.4 Å². The predicted molar refractivity (Wildman–Crippen MR) is 177 cm³/mol. The summed E-state index contributed by atoms with van der Waals surface area (Å²) in [5.41, 5.74) is 2.63. The Hall–Kier alpha value is -1.71. The Bertz CT molecular complexity index is 717. The van der Waals surface area contributed by atoms with Gasteiger partial charge in [0.05, 0.1) is 5.69 Å². The molecule has 1 aliphatic carbocycles. The number of rotatable bonds is 5. The molecule has 0 spiro atoms. The maximum absolute atomic E-state index is 4.47. The molecule has 1 atom stereocenters. The highest BCUT2D eigenvalue weighted by Crippen LogP contribution is 2.30. The predicted octanol–water partition coefficient (Wildman–Crippen LogP) is 10.7. The SMILES string of the molecule is CC.CC.CC.CC.CC1CCC(N(C)C(C)c2ccccn2)CC1.CC1CCN(Cc2ccccc2)CC1. The summed E-state index contributed by atoms with van der Waals surface area (Å²) in [6.07, 6.45) is 10.1. The van der Waals surface area contributed by atoms with Crippen molar-refractivity contribution in [2.75, 3.05) is 20.1 Å². The van der Waals surface area contributed by atoms with Crippen LogP contribution < -0.4 is 0 Å².